The second-order valence-corrected chi connectivity index (χ2v) is 5.77. The van der Waals surface area contributed by atoms with E-state index >= 15 is 0 Å². The van der Waals surface area contributed by atoms with Crippen LogP contribution < -0.4 is 4.74 Å². The van der Waals surface area contributed by atoms with Gasteiger partial charge in [-0.05, 0) is 25.1 Å². The van der Waals surface area contributed by atoms with Crippen molar-refractivity contribution in [2.75, 3.05) is 0 Å². The molecule has 1 rings (SSSR count). The van der Waals surface area contributed by atoms with Crippen molar-refractivity contribution >= 4 is 40.8 Å². The second-order valence-electron chi connectivity index (χ2n) is 3.49. The SMILES string of the molecule is C=C(C)C(=O)Oc1ccc(C#N)c(C(Cl)(Cl)Cl)c1. The van der Waals surface area contributed by atoms with Crippen molar-refractivity contribution in [2.24, 2.45) is 0 Å². The molecule has 0 amide bonds. The summed E-state index contributed by atoms with van der Waals surface area (Å²) in [5.74, 6) is -0.404. The zero-order valence-electron chi connectivity index (χ0n) is 9.34. The van der Waals surface area contributed by atoms with Crippen LogP contribution in [0.4, 0.5) is 0 Å². The molecule has 0 radical (unpaired) electrons. The zero-order valence-corrected chi connectivity index (χ0v) is 11.6. The molecule has 0 saturated heterocycles. The maximum atomic E-state index is 11.3. The van der Waals surface area contributed by atoms with Gasteiger partial charge in [-0.1, -0.05) is 41.4 Å². The quantitative estimate of drug-likeness (QED) is 0.361. The average molecular weight is 305 g/mol. The molecule has 1 aromatic rings. The molecule has 0 N–H and O–H groups in total. The normalized spacial score (nSPS) is 10.6. The number of carbonyl (C=O) groups is 1. The molecule has 1 aromatic carbocycles. The lowest BCUT2D eigenvalue weighted by Gasteiger charge is -2.14. The average Bonchev–Trinajstić information content (AvgIpc) is 2.27. The summed E-state index contributed by atoms with van der Waals surface area (Å²) < 4.78 is 3.22. The molecular weight excluding hydrogens is 296 g/mol. The summed E-state index contributed by atoms with van der Waals surface area (Å²) in [5, 5.41) is 8.89. The highest BCUT2D eigenvalue weighted by molar-refractivity contribution is 6.66. The molecule has 0 bridgehead atoms. The first-order valence-electron chi connectivity index (χ1n) is 4.74. The van der Waals surface area contributed by atoms with Gasteiger partial charge in [-0.3, -0.25) is 0 Å². The fourth-order valence-corrected chi connectivity index (χ4v) is 1.58. The molecule has 18 heavy (non-hydrogen) atoms. The Kier molecular flexibility index (Phi) is 4.64. The van der Waals surface area contributed by atoms with Gasteiger partial charge in [-0.25, -0.2) is 4.79 Å². The molecule has 0 aliphatic rings. The Morgan fingerprint density at radius 3 is 2.50 bits per heavy atom. The minimum absolute atomic E-state index is 0.155. The van der Waals surface area contributed by atoms with E-state index in [2.05, 4.69) is 6.58 Å². The topological polar surface area (TPSA) is 50.1 Å². The van der Waals surface area contributed by atoms with Gasteiger partial charge < -0.3 is 4.74 Å². The van der Waals surface area contributed by atoms with Crippen LogP contribution in [0, 0.1) is 11.3 Å². The summed E-state index contributed by atoms with van der Waals surface area (Å²) in [6.45, 7) is 4.97. The van der Waals surface area contributed by atoms with Gasteiger partial charge in [0.2, 0.25) is 3.79 Å². The van der Waals surface area contributed by atoms with Crippen molar-refractivity contribution in [1.29, 1.82) is 5.26 Å². The lowest BCUT2D eigenvalue weighted by atomic mass is 10.1. The number of nitriles is 1. The van der Waals surface area contributed by atoms with Gasteiger partial charge in [0.25, 0.3) is 0 Å². The van der Waals surface area contributed by atoms with Crippen molar-refractivity contribution < 1.29 is 9.53 Å². The highest BCUT2D eigenvalue weighted by atomic mass is 35.6. The molecule has 94 valence electrons. The van der Waals surface area contributed by atoms with Crippen LogP contribution in [0.3, 0.4) is 0 Å². The van der Waals surface area contributed by atoms with Crippen LogP contribution in [0.25, 0.3) is 0 Å². The van der Waals surface area contributed by atoms with Crippen molar-refractivity contribution in [3.63, 3.8) is 0 Å². The largest absolute Gasteiger partial charge is 0.423 e. The van der Waals surface area contributed by atoms with Gasteiger partial charge in [0.05, 0.1) is 11.6 Å². The van der Waals surface area contributed by atoms with E-state index in [1.165, 1.54) is 25.1 Å². The van der Waals surface area contributed by atoms with Crippen LogP contribution in [0.1, 0.15) is 18.1 Å². The van der Waals surface area contributed by atoms with E-state index in [1.807, 2.05) is 6.07 Å². The van der Waals surface area contributed by atoms with Crippen LogP contribution >= 0.6 is 34.8 Å². The molecule has 3 nitrogen and oxygen atoms in total. The lowest BCUT2D eigenvalue weighted by molar-refractivity contribution is -0.130. The summed E-state index contributed by atoms with van der Waals surface area (Å²) in [6.07, 6.45) is 0. The molecule has 0 saturated carbocycles. The van der Waals surface area contributed by atoms with Crippen molar-refractivity contribution in [3.05, 3.63) is 41.5 Å². The van der Waals surface area contributed by atoms with E-state index < -0.39 is 9.76 Å². The third-order valence-electron chi connectivity index (χ3n) is 1.98. The number of rotatable bonds is 2. The Balaban J connectivity index is 3.16. The molecule has 0 heterocycles. The number of benzene rings is 1. The predicted molar refractivity (Wildman–Crippen MR) is 70.8 cm³/mol. The second kappa shape index (κ2) is 5.62. The molecular formula is C12H8Cl3NO2. The molecule has 0 aliphatic heterocycles. The zero-order chi connectivity index (χ0) is 13.9. The Hall–Kier alpha value is -1.21. The minimum atomic E-state index is -1.77. The number of alkyl halides is 3. The predicted octanol–water partition coefficient (Wildman–Crippen LogP) is 3.87. The molecule has 0 fully saturated rings. The monoisotopic (exact) mass is 303 g/mol. The van der Waals surface area contributed by atoms with Crippen molar-refractivity contribution in [1.82, 2.24) is 0 Å². The van der Waals surface area contributed by atoms with Crippen LogP contribution in [0.2, 0.25) is 0 Å². The van der Waals surface area contributed by atoms with E-state index in [9.17, 15) is 4.79 Å². The molecule has 0 aliphatic carbocycles. The maximum absolute atomic E-state index is 11.3. The van der Waals surface area contributed by atoms with E-state index in [1.54, 1.807) is 0 Å². The number of hydrogen-bond donors (Lipinski definition) is 0. The van der Waals surface area contributed by atoms with Gasteiger partial charge in [-0.2, -0.15) is 5.26 Å². The number of nitrogens with zero attached hydrogens (tertiary/aromatic N) is 1. The van der Waals surface area contributed by atoms with Gasteiger partial charge in [-0.15, -0.1) is 0 Å². The highest BCUT2D eigenvalue weighted by Gasteiger charge is 2.27. The Bertz CT molecular complexity index is 541. The first-order chi connectivity index (χ1) is 8.25. The van der Waals surface area contributed by atoms with Gasteiger partial charge >= 0.3 is 5.97 Å². The van der Waals surface area contributed by atoms with Gasteiger partial charge in [0, 0.05) is 11.1 Å². The Morgan fingerprint density at radius 2 is 2.06 bits per heavy atom. The smallest absolute Gasteiger partial charge is 0.338 e. The Labute approximate surface area is 120 Å². The minimum Gasteiger partial charge on any atom is -0.423 e. The van der Waals surface area contributed by atoms with E-state index in [0.29, 0.717) is 0 Å². The summed E-state index contributed by atoms with van der Waals surface area (Å²) in [4.78, 5) is 11.3. The highest BCUT2D eigenvalue weighted by Crippen LogP contribution is 2.41. The third kappa shape index (κ3) is 3.64. The van der Waals surface area contributed by atoms with Crippen LogP contribution in [-0.4, -0.2) is 5.97 Å². The van der Waals surface area contributed by atoms with Gasteiger partial charge in [0.1, 0.15) is 5.75 Å². The standard InChI is InChI=1S/C12H8Cl3NO2/c1-7(2)11(17)18-9-4-3-8(6-16)10(5-9)12(13,14)15/h3-5H,1H2,2H3. The maximum Gasteiger partial charge on any atom is 0.338 e. The molecule has 0 atom stereocenters. The van der Waals surface area contributed by atoms with Crippen LogP contribution in [0.15, 0.2) is 30.4 Å². The Morgan fingerprint density at radius 1 is 1.44 bits per heavy atom. The first kappa shape index (κ1) is 14.8. The van der Waals surface area contributed by atoms with E-state index in [-0.39, 0.29) is 22.4 Å². The number of ether oxygens (including phenoxy) is 1. The van der Waals surface area contributed by atoms with Crippen molar-refractivity contribution in [2.45, 2.75) is 10.7 Å². The number of hydrogen-bond acceptors (Lipinski definition) is 3. The number of carbonyl (C=O) groups excluding carboxylic acids is 1. The summed E-state index contributed by atoms with van der Waals surface area (Å²) >= 11 is 17.2. The fourth-order valence-electron chi connectivity index (χ4n) is 1.11. The fraction of sp³-hybridized carbons (Fsp3) is 0.167. The van der Waals surface area contributed by atoms with Gasteiger partial charge in [0.15, 0.2) is 0 Å². The third-order valence-corrected chi connectivity index (χ3v) is 2.59. The summed E-state index contributed by atoms with van der Waals surface area (Å²) in [5.41, 5.74) is 0.599. The molecule has 0 aromatic heterocycles. The van der Waals surface area contributed by atoms with Crippen LogP contribution in [0.5, 0.6) is 5.75 Å². The van der Waals surface area contributed by atoms with E-state index in [0.717, 1.165) is 0 Å². The number of halogens is 3. The molecule has 0 unspecified atom stereocenters. The number of esters is 1. The molecule has 6 heteroatoms. The first-order valence-corrected chi connectivity index (χ1v) is 5.88. The van der Waals surface area contributed by atoms with Crippen molar-refractivity contribution in [3.8, 4) is 11.8 Å². The summed E-state index contributed by atoms with van der Waals surface area (Å²) in [7, 11) is 0. The lowest BCUT2D eigenvalue weighted by Crippen LogP contribution is -2.10. The summed E-state index contributed by atoms with van der Waals surface area (Å²) in [6, 6.07) is 6.09. The van der Waals surface area contributed by atoms with E-state index in [4.69, 9.17) is 44.8 Å². The molecule has 0 spiro atoms. The van der Waals surface area contributed by atoms with Crippen LogP contribution in [-0.2, 0) is 8.59 Å².